The van der Waals surface area contributed by atoms with Crippen molar-refractivity contribution in [3.8, 4) is 0 Å². The summed E-state index contributed by atoms with van der Waals surface area (Å²) in [6.07, 6.45) is 0. The van der Waals surface area contributed by atoms with Gasteiger partial charge in [0.25, 0.3) is 0 Å². The van der Waals surface area contributed by atoms with Gasteiger partial charge >= 0.3 is 0 Å². The Bertz CT molecular complexity index is 215. The summed E-state index contributed by atoms with van der Waals surface area (Å²) in [7, 11) is 0. The molecule has 0 aromatic heterocycles. The van der Waals surface area contributed by atoms with E-state index in [-0.39, 0.29) is 11.2 Å². The minimum Gasteiger partial charge on any atom is -0.297 e. The predicted molar refractivity (Wildman–Crippen MR) is 56.2 cm³/mol. The molecule has 1 heterocycles. The molecule has 0 unspecified atom stereocenters. The van der Waals surface area contributed by atoms with Crippen LogP contribution in [0.2, 0.25) is 0 Å². The zero-order chi connectivity index (χ0) is 9.30. The maximum Gasteiger partial charge on any atom is 0.241 e. The van der Waals surface area contributed by atoms with E-state index in [0.717, 1.165) is 10.9 Å². The molecule has 1 rings (SSSR count). The smallest absolute Gasteiger partial charge is 0.241 e. The van der Waals surface area contributed by atoms with Crippen LogP contribution in [0.5, 0.6) is 0 Å². The Labute approximate surface area is 82.7 Å². The predicted octanol–water partition coefficient (Wildman–Crippen LogP) is 1.89. The first-order valence-electron chi connectivity index (χ1n) is 4.04. The third kappa shape index (κ3) is 1.98. The number of carbonyl (C=O) groups excluding carboxylic acids is 1. The first-order chi connectivity index (χ1) is 5.52. The number of thioether (sulfide) groups is 1. The summed E-state index contributed by atoms with van der Waals surface area (Å²) < 4.78 is 0.737. The molecule has 0 aromatic carbocycles. The van der Waals surface area contributed by atoms with Crippen molar-refractivity contribution in [1.29, 1.82) is 0 Å². The highest BCUT2D eigenvalue weighted by atomic mass is 32.2. The zero-order valence-electron chi connectivity index (χ0n) is 7.53. The lowest BCUT2D eigenvalue weighted by molar-refractivity contribution is -0.126. The lowest BCUT2D eigenvalue weighted by Crippen LogP contribution is -2.33. The SMILES string of the molecule is CC(C)CN1C(=O)[C@H](C)SC1=S. The number of hydrogen-bond acceptors (Lipinski definition) is 3. The van der Waals surface area contributed by atoms with E-state index in [4.69, 9.17) is 12.2 Å². The minimum absolute atomic E-state index is 0.0243. The fourth-order valence-corrected chi connectivity index (χ4v) is 2.52. The van der Waals surface area contributed by atoms with Crippen molar-refractivity contribution in [1.82, 2.24) is 4.90 Å². The highest BCUT2D eigenvalue weighted by Crippen LogP contribution is 2.27. The van der Waals surface area contributed by atoms with Crippen LogP contribution in [0.4, 0.5) is 0 Å². The van der Waals surface area contributed by atoms with Crippen molar-refractivity contribution in [2.75, 3.05) is 6.54 Å². The van der Waals surface area contributed by atoms with Crippen molar-refractivity contribution in [2.45, 2.75) is 26.0 Å². The molecule has 12 heavy (non-hydrogen) atoms. The summed E-state index contributed by atoms with van der Waals surface area (Å²) in [4.78, 5) is 13.2. The van der Waals surface area contributed by atoms with Gasteiger partial charge in [0.1, 0.15) is 4.32 Å². The normalized spacial score (nSPS) is 24.3. The number of nitrogens with zero attached hydrogens (tertiary/aromatic N) is 1. The molecule has 1 amide bonds. The quantitative estimate of drug-likeness (QED) is 0.639. The van der Waals surface area contributed by atoms with Crippen molar-refractivity contribution < 1.29 is 4.79 Å². The van der Waals surface area contributed by atoms with Crippen molar-refractivity contribution >= 4 is 34.2 Å². The topological polar surface area (TPSA) is 20.3 Å². The van der Waals surface area contributed by atoms with Crippen LogP contribution in [0.1, 0.15) is 20.8 Å². The molecule has 0 aromatic rings. The van der Waals surface area contributed by atoms with Gasteiger partial charge in [0, 0.05) is 6.54 Å². The van der Waals surface area contributed by atoms with E-state index >= 15 is 0 Å². The summed E-state index contributed by atoms with van der Waals surface area (Å²) in [6, 6.07) is 0. The third-order valence-corrected chi connectivity index (χ3v) is 3.15. The molecular formula is C8H13NOS2. The molecule has 2 nitrogen and oxygen atoms in total. The first kappa shape index (κ1) is 9.99. The van der Waals surface area contributed by atoms with E-state index in [2.05, 4.69) is 13.8 Å². The Morgan fingerprint density at radius 3 is 2.58 bits per heavy atom. The summed E-state index contributed by atoms with van der Waals surface area (Å²) >= 11 is 6.57. The van der Waals surface area contributed by atoms with Gasteiger partial charge in [-0.3, -0.25) is 9.69 Å². The van der Waals surface area contributed by atoms with Gasteiger partial charge in [0.05, 0.1) is 5.25 Å². The molecule has 0 N–H and O–H groups in total. The number of hydrogen-bond donors (Lipinski definition) is 0. The van der Waals surface area contributed by atoms with Gasteiger partial charge in [0.15, 0.2) is 0 Å². The number of thiocarbonyl (C=S) groups is 1. The summed E-state index contributed by atoms with van der Waals surface area (Å²) in [5.41, 5.74) is 0. The molecule has 0 spiro atoms. The molecule has 1 fully saturated rings. The molecule has 1 aliphatic heterocycles. The maximum absolute atomic E-state index is 11.5. The number of rotatable bonds is 2. The molecule has 0 bridgehead atoms. The minimum atomic E-state index is 0.0243. The maximum atomic E-state index is 11.5. The lowest BCUT2D eigenvalue weighted by atomic mass is 10.2. The summed E-state index contributed by atoms with van der Waals surface area (Å²) in [5, 5.41) is 0.0243. The molecule has 1 saturated heterocycles. The van der Waals surface area contributed by atoms with Crippen LogP contribution in [0, 0.1) is 5.92 Å². The molecular weight excluding hydrogens is 190 g/mol. The van der Waals surface area contributed by atoms with Crippen LogP contribution in [0.3, 0.4) is 0 Å². The standard InChI is InChI=1S/C8H13NOS2/c1-5(2)4-9-7(10)6(3)12-8(9)11/h5-6H,4H2,1-3H3/t6-/m0/s1. The van der Waals surface area contributed by atoms with Gasteiger partial charge in [0.2, 0.25) is 5.91 Å². The summed E-state index contributed by atoms with van der Waals surface area (Å²) in [6.45, 7) is 6.84. The Hall–Kier alpha value is -0.0900. The molecule has 0 aliphatic carbocycles. The number of amides is 1. The van der Waals surface area contributed by atoms with Crippen LogP contribution in [0.15, 0.2) is 0 Å². The second-order valence-corrected chi connectivity index (χ2v) is 5.34. The molecule has 0 saturated carbocycles. The average molecular weight is 203 g/mol. The van der Waals surface area contributed by atoms with E-state index in [0.29, 0.717) is 5.92 Å². The fraction of sp³-hybridized carbons (Fsp3) is 0.750. The van der Waals surface area contributed by atoms with E-state index in [9.17, 15) is 4.79 Å². The van der Waals surface area contributed by atoms with Crippen LogP contribution in [-0.4, -0.2) is 26.9 Å². The highest BCUT2D eigenvalue weighted by Gasteiger charge is 2.33. The van der Waals surface area contributed by atoms with Gasteiger partial charge in [-0.15, -0.1) is 0 Å². The lowest BCUT2D eigenvalue weighted by Gasteiger charge is -2.17. The Balaban J connectivity index is 2.64. The van der Waals surface area contributed by atoms with Gasteiger partial charge in [-0.05, 0) is 12.8 Å². The molecule has 4 heteroatoms. The van der Waals surface area contributed by atoms with Gasteiger partial charge in [-0.2, -0.15) is 0 Å². The van der Waals surface area contributed by atoms with E-state index in [1.54, 1.807) is 4.90 Å². The molecule has 1 atom stereocenters. The van der Waals surface area contributed by atoms with Crippen molar-refractivity contribution in [2.24, 2.45) is 5.92 Å². The third-order valence-electron chi connectivity index (χ3n) is 1.66. The number of carbonyl (C=O) groups is 1. The zero-order valence-corrected chi connectivity index (χ0v) is 9.17. The Kier molecular flexibility index (Phi) is 3.12. The van der Waals surface area contributed by atoms with Crippen LogP contribution in [-0.2, 0) is 4.79 Å². The van der Waals surface area contributed by atoms with Crippen LogP contribution in [0.25, 0.3) is 0 Å². The van der Waals surface area contributed by atoms with E-state index in [1.165, 1.54) is 11.8 Å². The van der Waals surface area contributed by atoms with Gasteiger partial charge in [-0.1, -0.05) is 37.8 Å². The monoisotopic (exact) mass is 203 g/mol. The highest BCUT2D eigenvalue weighted by molar-refractivity contribution is 8.24. The fourth-order valence-electron chi connectivity index (χ4n) is 1.10. The van der Waals surface area contributed by atoms with Crippen molar-refractivity contribution in [3.63, 3.8) is 0 Å². The largest absolute Gasteiger partial charge is 0.297 e. The van der Waals surface area contributed by atoms with E-state index < -0.39 is 0 Å². The van der Waals surface area contributed by atoms with Gasteiger partial charge < -0.3 is 0 Å². The van der Waals surface area contributed by atoms with E-state index in [1.807, 2.05) is 6.92 Å². The average Bonchev–Trinajstić information content (AvgIpc) is 2.16. The Morgan fingerprint density at radius 2 is 2.25 bits per heavy atom. The second-order valence-electron chi connectivity index (χ2n) is 3.37. The molecule has 1 aliphatic rings. The van der Waals surface area contributed by atoms with Gasteiger partial charge in [-0.25, -0.2) is 0 Å². The van der Waals surface area contributed by atoms with Crippen molar-refractivity contribution in [3.05, 3.63) is 0 Å². The van der Waals surface area contributed by atoms with Crippen LogP contribution >= 0.6 is 24.0 Å². The first-order valence-corrected chi connectivity index (χ1v) is 5.33. The summed E-state index contributed by atoms with van der Waals surface area (Å²) in [5.74, 6) is 0.650. The molecule has 68 valence electrons. The molecule has 0 radical (unpaired) electrons. The van der Waals surface area contributed by atoms with Crippen LogP contribution < -0.4 is 0 Å². The second kappa shape index (κ2) is 3.75. The Morgan fingerprint density at radius 1 is 1.67 bits per heavy atom.